The van der Waals surface area contributed by atoms with E-state index in [1.807, 2.05) is 7.05 Å². The quantitative estimate of drug-likeness (QED) is 0.763. The standard InChI is InChI=1S/C12H25N3O2S/c1-13-8-10-15(11-9-13)18(16,17)14(2)12-6-4-3-5-7-12/h12H,3-11H2,1-2H3. The molecular weight excluding hydrogens is 250 g/mol. The van der Waals surface area contributed by atoms with Gasteiger partial charge in [0.2, 0.25) is 0 Å². The van der Waals surface area contributed by atoms with Crippen LogP contribution in [0.4, 0.5) is 0 Å². The Bertz CT molecular complexity index is 358. The Morgan fingerprint density at radius 2 is 1.56 bits per heavy atom. The molecule has 0 bridgehead atoms. The van der Waals surface area contributed by atoms with Gasteiger partial charge in [0.05, 0.1) is 0 Å². The van der Waals surface area contributed by atoms with E-state index in [1.165, 1.54) is 6.42 Å². The van der Waals surface area contributed by atoms with E-state index in [4.69, 9.17) is 0 Å². The van der Waals surface area contributed by atoms with Gasteiger partial charge in [-0.05, 0) is 19.9 Å². The molecule has 0 aromatic carbocycles. The van der Waals surface area contributed by atoms with Crippen LogP contribution in [0.2, 0.25) is 0 Å². The number of hydrogen-bond donors (Lipinski definition) is 0. The SMILES string of the molecule is CN1CCN(S(=O)(=O)N(C)C2CCCCC2)CC1. The first-order valence-corrected chi connectivity index (χ1v) is 8.33. The van der Waals surface area contributed by atoms with Crippen LogP contribution in [0.5, 0.6) is 0 Å². The van der Waals surface area contributed by atoms with Gasteiger partial charge in [0.1, 0.15) is 0 Å². The maximum atomic E-state index is 12.5. The Hall–Kier alpha value is -0.170. The Balaban J connectivity index is 2.00. The van der Waals surface area contributed by atoms with Crippen molar-refractivity contribution in [2.45, 2.75) is 38.1 Å². The summed E-state index contributed by atoms with van der Waals surface area (Å²) in [6.45, 7) is 2.90. The van der Waals surface area contributed by atoms with Crippen LogP contribution in [0.25, 0.3) is 0 Å². The summed E-state index contributed by atoms with van der Waals surface area (Å²) in [5.74, 6) is 0. The normalized spacial score (nSPS) is 25.7. The van der Waals surface area contributed by atoms with E-state index < -0.39 is 10.2 Å². The molecule has 106 valence electrons. The number of likely N-dealkylation sites (N-methyl/N-ethyl adjacent to an activating group) is 1. The Labute approximate surface area is 111 Å². The molecule has 0 unspecified atom stereocenters. The van der Waals surface area contributed by atoms with Gasteiger partial charge in [-0.1, -0.05) is 19.3 Å². The minimum atomic E-state index is -3.25. The molecule has 2 rings (SSSR count). The van der Waals surface area contributed by atoms with Crippen LogP contribution in [0.3, 0.4) is 0 Å². The molecule has 1 saturated carbocycles. The van der Waals surface area contributed by atoms with Crippen LogP contribution in [-0.4, -0.2) is 68.2 Å². The summed E-state index contributed by atoms with van der Waals surface area (Å²) in [5.41, 5.74) is 0. The first kappa shape index (κ1) is 14.2. The largest absolute Gasteiger partial charge is 0.304 e. The molecule has 1 heterocycles. The topological polar surface area (TPSA) is 43.9 Å². The minimum Gasteiger partial charge on any atom is -0.304 e. The molecule has 6 heteroatoms. The lowest BCUT2D eigenvalue weighted by Gasteiger charge is -2.37. The summed E-state index contributed by atoms with van der Waals surface area (Å²) < 4.78 is 28.3. The van der Waals surface area contributed by atoms with Crippen LogP contribution < -0.4 is 0 Å². The van der Waals surface area contributed by atoms with Gasteiger partial charge in [-0.3, -0.25) is 0 Å². The first-order valence-electron chi connectivity index (χ1n) is 6.93. The van der Waals surface area contributed by atoms with Crippen molar-refractivity contribution < 1.29 is 8.42 Å². The van der Waals surface area contributed by atoms with Gasteiger partial charge in [-0.25, -0.2) is 0 Å². The van der Waals surface area contributed by atoms with Gasteiger partial charge in [-0.2, -0.15) is 17.0 Å². The summed E-state index contributed by atoms with van der Waals surface area (Å²) in [6.07, 6.45) is 5.60. The maximum absolute atomic E-state index is 12.5. The monoisotopic (exact) mass is 275 g/mol. The van der Waals surface area contributed by atoms with Crippen LogP contribution in [-0.2, 0) is 10.2 Å². The van der Waals surface area contributed by atoms with Gasteiger partial charge in [0.15, 0.2) is 0 Å². The van der Waals surface area contributed by atoms with E-state index >= 15 is 0 Å². The van der Waals surface area contributed by atoms with Gasteiger partial charge < -0.3 is 4.90 Å². The van der Waals surface area contributed by atoms with Crippen LogP contribution >= 0.6 is 0 Å². The number of rotatable bonds is 3. The molecule has 0 N–H and O–H groups in total. The van der Waals surface area contributed by atoms with Gasteiger partial charge in [-0.15, -0.1) is 0 Å². The number of nitrogens with zero attached hydrogens (tertiary/aromatic N) is 3. The molecule has 0 aromatic rings. The van der Waals surface area contributed by atoms with Crippen molar-refractivity contribution in [3.8, 4) is 0 Å². The summed E-state index contributed by atoms with van der Waals surface area (Å²) in [7, 11) is 0.545. The second kappa shape index (κ2) is 5.86. The van der Waals surface area contributed by atoms with Crippen molar-refractivity contribution >= 4 is 10.2 Å². The molecule has 0 spiro atoms. The molecule has 0 amide bonds. The zero-order chi connectivity index (χ0) is 13.2. The molecule has 1 aliphatic heterocycles. The maximum Gasteiger partial charge on any atom is 0.282 e. The van der Waals surface area contributed by atoms with E-state index in [9.17, 15) is 8.42 Å². The molecule has 1 aliphatic carbocycles. The summed E-state index contributed by atoms with van der Waals surface area (Å²) in [5, 5.41) is 0. The molecule has 2 fully saturated rings. The Kier molecular flexibility index (Phi) is 4.64. The fourth-order valence-electron chi connectivity index (χ4n) is 2.83. The van der Waals surface area contributed by atoms with E-state index in [0.29, 0.717) is 13.1 Å². The number of piperazine rings is 1. The molecule has 0 aromatic heterocycles. The van der Waals surface area contributed by atoms with E-state index in [2.05, 4.69) is 4.90 Å². The predicted octanol–water partition coefficient (Wildman–Crippen LogP) is 0.743. The third-order valence-electron chi connectivity index (χ3n) is 4.24. The van der Waals surface area contributed by atoms with Gasteiger partial charge in [0.25, 0.3) is 10.2 Å². The molecule has 0 radical (unpaired) electrons. The second-order valence-electron chi connectivity index (χ2n) is 5.52. The molecule has 2 aliphatic rings. The van der Waals surface area contributed by atoms with E-state index in [1.54, 1.807) is 15.7 Å². The third-order valence-corrected chi connectivity index (χ3v) is 6.29. The Morgan fingerprint density at radius 1 is 1.00 bits per heavy atom. The summed E-state index contributed by atoms with van der Waals surface area (Å²) in [6, 6.07) is 0.211. The summed E-state index contributed by atoms with van der Waals surface area (Å²) >= 11 is 0. The molecule has 18 heavy (non-hydrogen) atoms. The number of hydrogen-bond acceptors (Lipinski definition) is 3. The van der Waals surface area contributed by atoms with Crippen molar-refractivity contribution in [1.29, 1.82) is 0 Å². The fourth-order valence-corrected chi connectivity index (χ4v) is 4.41. The fraction of sp³-hybridized carbons (Fsp3) is 1.00. The highest BCUT2D eigenvalue weighted by molar-refractivity contribution is 7.86. The molecule has 5 nitrogen and oxygen atoms in total. The zero-order valence-electron chi connectivity index (χ0n) is 11.5. The molecular formula is C12H25N3O2S. The predicted molar refractivity (Wildman–Crippen MR) is 72.6 cm³/mol. The minimum absolute atomic E-state index is 0.211. The smallest absolute Gasteiger partial charge is 0.282 e. The average molecular weight is 275 g/mol. The van der Waals surface area contributed by atoms with Crippen molar-refractivity contribution in [1.82, 2.24) is 13.5 Å². The van der Waals surface area contributed by atoms with Gasteiger partial charge in [0, 0.05) is 39.3 Å². The molecule has 1 saturated heterocycles. The van der Waals surface area contributed by atoms with Crippen molar-refractivity contribution in [3.63, 3.8) is 0 Å². The summed E-state index contributed by atoms with van der Waals surface area (Å²) in [4.78, 5) is 2.17. The van der Waals surface area contributed by atoms with Crippen molar-refractivity contribution in [2.24, 2.45) is 0 Å². The third kappa shape index (κ3) is 3.04. The van der Waals surface area contributed by atoms with E-state index in [0.717, 1.165) is 38.8 Å². The highest BCUT2D eigenvalue weighted by atomic mass is 32.2. The van der Waals surface area contributed by atoms with Crippen molar-refractivity contribution in [2.75, 3.05) is 40.3 Å². The van der Waals surface area contributed by atoms with E-state index in [-0.39, 0.29) is 6.04 Å². The lowest BCUT2D eigenvalue weighted by molar-refractivity contribution is 0.202. The average Bonchev–Trinajstić information content (AvgIpc) is 2.39. The molecule has 0 atom stereocenters. The van der Waals surface area contributed by atoms with Crippen molar-refractivity contribution in [3.05, 3.63) is 0 Å². The highest BCUT2D eigenvalue weighted by Crippen LogP contribution is 2.24. The van der Waals surface area contributed by atoms with Crippen LogP contribution in [0.15, 0.2) is 0 Å². The Morgan fingerprint density at radius 3 is 2.11 bits per heavy atom. The van der Waals surface area contributed by atoms with Crippen LogP contribution in [0, 0.1) is 0 Å². The lowest BCUT2D eigenvalue weighted by atomic mass is 9.96. The highest BCUT2D eigenvalue weighted by Gasteiger charge is 2.33. The zero-order valence-corrected chi connectivity index (χ0v) is 12.3. The lowest BCUT2D eigenvalue weighted by Crippen LogP contribution is -2.53. The van der Waals surface area contributed by atoms with Gasteiger partial charge >= 0.3 is 0 Å². The van der Waals surface area contributed by atoms with Crippen LogP contribution in [0.1, 0.15) is 32.1 Å². The first-order chi connectivity index (χ1) is 8.51. The second-order valence-corrected chi connectivity index (χ2v) is 7.51.